The van der Waals surface area contributed by atoms with Gasteiger partial charge >= 0.3 is 0 Å². The smallest absolute Gasteiger partial charge is 0.254 e. The van der Waals surface area contributed by atoms with Gasteiger partial charge in [0.15, 0.2) is 0 Å². The van der Waals surface area contributed by atoms with Gasteiger partial charge in [-0.15, -0.1) is 0 Å². The van der Waals surface area contributed by atoms with Crippen molar-refractivity contribution in [1.82, 2.24) is 4.90 Å². The number of quaternary nitrogens is 1. The molecule has 3 rings (SSSR count). The second-order valence-electron chi connectivity index (χ2n) is 6.29. The number of methoxy groups -OCH3 is 1. The molecule has 4 nitrogen and oxygen atoms in total. The highest BCUT2D eigenvalue weighted by Crippen LogP contribution is 2.13. The van der Waals surface area contributed by atoms with Crippen molar-refractivity contribution in [1.29, 1.82) is 0 Å². The van der Waals surface area contributed by atoms with Crippen LogP contribution in [0.2, 0.25) is 0 Å². The molecule has 0 atom stereocenters. The summed E-state index contributed by atoms with van der Waals surface area (Å²) in [4.78, 5) is 16.0. The number of carbonyl (C=O) groups excluding carboxylic acids is 1. The van der Waals surface area contributed by atoms with E-state index < -0.39 is 0 Å². The molecule has 25 heavy (non-hydrogen) atoms. The van der Waals surface area contributed by atoms with Crippen molar-refractivity contribution in [3.63, 3.8) is 0 Å². The van der Waals surface area contributed by atoms with E-state index in [1.807, 2.05) is 35.2 Å². The van der Waals surface area contributed by atoms with Crippen molar-refractivity contribution >= 4 is 12.0 Å². The van der Waals surface area contributed by atoms with Crippen molar-refractivity contribution in [2.45, 2.75) is 0 Å². The van der Waals surface area contributed by atoms with Gasteiger partial charge in [-0.3, -0.25) is 4.79 Å². The van der Waals surface area contributed by atoms with E-state index in [0.717, 1.165) is 44.0 Å². The molecular weight excluding hydrogens is 312 g/mol. The molecular formula is C21H25N2O2+. The lowest BCUT2D eigenvalue weighted by atomic mass is 10.1. The Hall–Kier alpha value is -2.59. The quantitative estimate of drug-likeness (QED) is 0.902. The minimum Gasteiger partial charge on any atom is -0.497 e. The zero-order valence-electron chi connectivity index (χ0n) is 14.7. The lowest BCUT2D eigenvalue weighted by molar-refractivity contribution is -0.898. The van der Waals surface area contributed by atoms with E-state index in [1.54, 1.807) is 7.11 Å². The highest BCUT2D eigenvalue weighted by molar-refractivity contribution is 5.94. The fourth-order valence-corrected chi connectivity index (χ4v) is 3.07. The van der Waals surface area contributed by atoms with Gasteiger partial charge in [0, 0.05) is 5.56 Å². The molecule has 130 valence electrons. The van der Waals surface area contributed by atoms with Gasteiger partial charge in [-0.1, -0.05) is 36.4 Å². The molecule has 1 fully saturated rings. The van der Waals surface area contributed by atoms with Crippen LogP contribution in [0.1, 0.15) is 15.9 Å². The van der Waals surface area contributed by atoms with E-state index in [0.29, 0.717) is 0 Å². The highest BCUT2D eigenvalue weighted by atomic mass is 16.5. The van der Waals surface area contributed by atoms with Gasteiger partial charge in [0.05, 0.1) is 39.8 Å². The number of nitrogens with zero attached hydrogens (tertiary/aromatic N) is 1. The second-order valence-corrected chi connectivity index (χ2v) is 6.29. The zero-order chi connectivity index (χ0) is 17.5. The highest BCUT2D eigenvalue weighted by Gasteiger charge is 2.23. The van der Waals surface area contributed by atoms with E-state index in [2.05, 4.69) is 36.4 Å². The van der Waals surface area contributed by atoms with Crippen molar-refractivity contribution in [3.8, 4) is 5.75 Å². The molecule has 0 spiro atoms. The summed E-state index contributed by atoms with van der Waals surface area (Å²) >= 11 is 0. The predicted octanol–water partition coefficient (Wildman–Crippen LogP) is 1.75. The van der Waals surface area contributed by atoms with E-state index in [1.165, 1.54) is 10.5 Å². The van der Waals surface area contributed by atoms with Crippen LogP contribution in [0.15, 0.2) is 60.7 Å². The first kappa shape index (κ1) is 17.2. The van der Waals surface area contributed by atoms with Crippen LogP contribution in [0.4, 0.5) is 0 Å². The Morgan fingerprint density at radius 3 is 2.40 bits per heavy atom. The predicted molar refractivity (Wildman–Crippen MR) is 99.9 cm³/mol. The van der Waals surface area contributed by atoms with Gasteiger partial charge in [0.2, 0.25) is 0 Å². The Balaban J connectivity index is 1.47. The summed E-state index contributed by atoms with van der Waals surface area (Å²) in [5.74, 6) is 0.887. The van der Waals surface area contributed by atoms with Crippen LogP contribution in [0.3, 0.4) is 0 Å². The van der Waals surface area contributed by atoms with Gasteiger partial charge < -0.3 is 14.5 Å². The average Bonchev–Trinajstić information content (AvgIpc) is 2.69. The summed E-state index contributed by atoms with van der Waals surface area (Å²) in [5, 5.41) is 0. The first-order chi connectivity index (χ1) is 12.3. The summed E-state index contributed by atoms with van der Waals surface area (Å²) < 4.78 is 5.14. The molecule has 1 aliphatic heterocycles. The third kappa shape index (κ3) is 4.70. The van der Waals surface area contributed by atoms with Gasteiger partial charge in [-0.25, -0.2) is 0 Å². The molecule has 1 N–H and O–H groups in total. The van der Waals surface area contributed by atoms with Crippen molar-refractivity contribution < 1.29 is 14.4 Å². The Labute approximate surface area is 149 Å². The maximum absolute atomic E-state index is 12.6. The second kappa shape index (κ2) is 8.49. The summed E-state index contributed by atoms with van der Waals surface area (Å²) in [6, 6.07) is 17.7. The van der Waals surface area contributed by atoms with E-state index >= 15 is 0 Å². The SMILES string of the molecule is COc1ccc(C(=O)N2CC[NH+](CC=Cc3ccccc3)CC2)cc1. The third-order valence-electron chi connectivity index (χ3n) is 4.61. The summed E-state index contributed by atoms with van der Waals surface area (Å²) in [7, 11) is 1.63. The van der Waals surface area contributed by atoms with Crippen molar-refractivity contribution in [3.05, 3.63) is 71.8 Å². The summed E-state index contributed by atoms with van der Waals surface area (Å²) in [6.45, 7) is 4.58. The number of amides is 1. The molecule has 4 heteroatoms. The van der Waals surface area contributed by atoms with Gasteiger partial charge in [-0.2, -0.15) is 0 Å². The van der Waals surface area contributed by atoms with Gasteiger partial charge in [-0.05, 0) is 35.9 Å². The Bertz CT molecular complexity index is 702. The molecule has 2 aromatic carbocycles. The van der Waals surface area contributed by atoms with E-state index in [9.17, 15) is 4.79 Å². The molecule has 1 heterocycles. The molecule has 0 bridgehead atoms. The van der Waals surface area contributed by atoms with Crippen LogP contribution in [0, 0.1) is 0 Å². The average molecular weight is 337 g/mol. The summed E-state index contributed by atoms with van der Waals surface area (Å²) in [5.41, 5.74) is 1.96. The maximum atomic E-state index is 12.6. The molecule has 1 aliphatic rings. The van der Waals surface area contributed by atoms with Crippen molar-refractivity contribution in [2.75, 3.05) is 39.8 Å². The van der Waals surface area contributed by atoms with E-state index in [4.69, 9.17) is 4.74 Å². The molecule has 0 aliphatic carbocycles. The topological polar surface area (TPSA) is 34.0 Å². The van der Waals surface area contributed by atoms with Crippen LogP contribution in [0.5, 0.6) is 5.75 Å². The molecule has 0 aromatic heterocycles. The molecule has 0 radical (unpaired) electrons. The fourth-order valence-electron chi connectivity index (χ4n) is 3.07. The fraction of sp³-hybridized carbons (Fsp3) is 0.286. The normalized spacial score (nSPS) is 15.5. The molecule has 1 saturated heterocycles. The number of ether oxygens (including phenoxy) is 1. The minimum absolute atomic E-state index is 0.113. The third-order valence-corrected chi connectivity index (χ3v) is 4.61. The molecule has 1 amide bonds. The summed E-state index contributed by atoms with van der Waals surface area (Å²) in [6.07, 6.45) is 4.40. The monoisotopic (exact) mass is 337 g/mol. The van der Waals surface area contributed by atoms with E-state index in [-0.39, 0.29) is 5.91 Å². The number of piperazine rings is 1. The largest absolute Gasteiger partial charge is 0.497 e. The van der Waals surface area contributed by atoms with Crippen LogP contribution >= 0.6 is 0 Å². The lowest BCUT2D eigenvalue weighted by Crippen LogP contribution is -3.14. The Kier molecular flexibility index (Phi) is 5.86. The number of rotatable bonds is 5. The standard InChI is InChI=1S/C21H24N2O2/c1-25-20-11-9-19(10-12-20)21(24)23-16-14-22(15-17-23)13-5-8-18-6-3-2-4-7-18/h2-12H,13-17H2,1H3/p+1. The van der Waals surface area contributed by atoms with Crippen LogP contribution in [-0.4, -0.2) is 50.6 Å². The number of carbonyl (C=O) groups is 1. The zero-order valence-corrected chi connectivity index (χ0v) is 14.7. The van der Waals surface area contributed by atoms with Crippen LogP contribution in [0.25, 0.3) is 6.08 Å². The maximum Gasteiger partial charge on any atom is 0.254 e. The Morgan fingerprint density at radius 1 is 1.08 bits per heavy atom. The lowest BCUT2D eigenvalue weighted by Gasteiger charge is -2.31. The number of nitrogens with one attached hydrogen (secondary N) is 1. The van der Waals surface area contributed by atoms with Crippen LogP contribution < -0.4 is 9.64 Å². The molecule has 0 saturated carbocycles. The Morgan fingerprint density at radius 2 is 1.76 bits per heavy atom. The number of hydrogen-bond acceptors (Lipinski definition) is 2. The molecule has 0 unspecified atom stereocenters. The molecule has 2 aromatic rings. The number of hydrogen-bond donors (Lipinski definition) is 1. The first-order valence-corrected chi connectivity index (χ1v) is 8.75. The first-order valence-electron chi connectivity index (χ1n) is 8.75. The number of benzene rings is 2. The van der Waals surface area contributed by atoms with Crippen LogP contribution in [-0.2, 0) is 0 Å². The van der Waals surface area contributed by atoms with Gasteiger partial charge in [0.25, 0.3) is 5.91 Å². The van der Waals surface area contributed by atoms with Crippen molar-refractivity contribution in [2.24, 2.45) is 0 Å². The van der Waals surface area contributed by atoms with Gasteiger partial charge in [0.1, 0.15) is 5.75 Å². The minimum atomic E-state index is 0.113.